The van der Waals surface area contributed by atoms with Crippen molar-refractivity contribution in [1.82, 2.24) is 0 Å². The summed E-state index contributed by atoms with van der Waals surface area (Å²) in [6.07, 6.45) is 45.3. The molecular formula is C70H100B2O10. The summed E-state index contributed by atoms with van der Waals surface area (Å²) >= 11 is 0. The van der Waals surface area contributed by atoms with E-state index < -0.39 is 14.2 Å². The molecule has 8 heterocycles. The van der Waals surface area contributed by atoms with Gasteiger partial charge in [-0.15, -0.1) is 13.2 Å². The van der Waals surface area contributed by atoms with Crippen molar-refractivity contribution in [3.63, 3.8) is 0 Å². The normalized spacial score (nSPS) is 25.6. The molecule has 4 saturated heterocycles. The van der Waals surface area contributed by atoms with Gasteiger partial charge in [0, 0.05) is 0 Å². The van der Waals surface area contributed by atoms with Crippen LogP contribution in [0.5, 0.6) is 23.0 Å². The van der Waals surface area contributed by atoms with Crippen LogP contribution in [0.3, 0.4) is 0 Å². The van der Waals surface area contributed by atoms with Gasteiger partial charge in [0.15, 0.2) is 0 Å². The van der Waals surface area contributed by atoms with Gasteiger partial charge in [-0.3, -0.25) is 0 Å². The van der Waals surface area contributed by atoms with Gasteiger partial charge in [-0.2, -0.15) is 0 Å². The van der Waals surface area contributed by atoms with E-state index in [0.29, 0.717) is 26.4 Å². The van der Waals surface area contributed by atoms with Crippen LogP contribution in [0.4, 0.5) is 0 Å². The first kappa shape index (κ1) is 61.1. The first-order valence-corrected chi connectivity index (χ1v) is 33.3. The predicted molar refractivity (Wildman–Crippen MR) is 331 cm³/mol. The maximum atomic E-state index is 7.09. The van der Waals surface area contributed by atoms with Gasteiger partial charge in [0.1, 0.15) is 71.8 Å². The van der Waals surface area contributed by atoms with E-state index in [0.717, 1.165) is 98.1 Å². The minimum atomic E-state index is -0.649. The Balaban J connectivity index is 0.847. The molecule has 3 aromatic rings. The van der Waals surface area contributed by atoms with E-state index in [4.69, 9.17) is 47.0 Å². The van der Waals surface area contributed by atoms with Gasteiger partial charge in [0.2, 0.25) is 0 Å². The Morgan fingerprint density at radius 1 is 0.427 bits per heavy atom. The number of allylic oxidation sites excluding steroid dienone is 4. The summed E-state index contributed by atoms with van der Waals surface area (Å²) in [7, 11) is -1.30. The fraction of sp³-hybridized carbons (Fsp3) is 0.657. The van der Waals surface area contributed by atoms with Crippen LogP contribution in [0, 0.1) is 13.8 Å². The monoisotopic (exact) mass is 1120 g/mol. The highest BCUT2D eigenvalue weighted by molar-refractivity contribution is 6.64. The molecule has 0 N–H and O–H groups in total. The van der Waals surface area contributed by atoms with Gasteiger partial charge in [-0.05, 0) is 149 Å². The molecule has 0 aromatic heterocycles. The lowest BCUT2D eigenvalue weighted by atomic mass is 9.74. The topological polar surface area (TPSA) is 92.3 Å². The van der Waals surface area contributed by atoms with Crippen LogP contribution < -0.4 is 29.9 Å². The van der Waals surface area contributed by atoms with Crippen molar-refractivity contribution >= 4 is 25.2 Å². The second-order valence-electron chi connectivity index (χ2n) is 24.8. The molecule has 11 rings (SSSR count). The molecule has 10 nitrogen and oxygen atoms in total. The second kappa shape index (κ2) is 31.9. The third kappa shape index (κ3) is 15.0. The van der Waals surface area contributed by atoms with Crippen LogP contribution in [0.15, 0.2) is 73.9 Å². The molecule has 12 heteroatoms. The van der Waals surface area contributed by atoms with Crippen molar-refractivity contribution in [2.75, 3.05) is 26.4 Å². The Kier molecular flexibility index (Phi) is 23.8. The van der Waals surface area contributed by atoms with Crippen LogP contribution in [-0.2, 0) is 28.1 Å². The Morgan fingerprint density at radius 2 is 0.756 bits per heavy atom. The van der Waals surface area contributed by atoms with Crippen molar-refractivity contribution in [3.8, 4) is 23.0 Å². The number of ether oxygens (including phenoxy) is 6. The van der Waals surface area contributed by atoms with Crippen molar-refractivity contribution in [1.29, 1.82) is 0 Å². The summed E-state index contributed by atoms with van der Waals surface area (Å²) in [5, 5.41) is 0. The van der Waals surface area contributed by atoms with Crippen molar-refractivity contribution in [3.05, 3.63) is 107 Å². The summed E-state index contributed by atoms with van der Waals surface area (Å²) in [5.41, 5.74) is 8.99. The molecule has 8 atom stereocenters. The average Bonchev–Trinajstić information content (AvgIpc) is 3.69. The molecule has 446 valence electrons. The van der Waals surface area contributed by atoms with Gasteiger partial charge in [-0.25, -0.2) is 0 Å². The fourth-order valence-electron chi connectivity index (χ4n) is 14.3. The third-order valence-corrected chi connectivity index (χ3v) is 18.7. The zero-order valence-electron chi connectivity index (χ0n) is 50.5. The lowest BCUT2D eigenvalue weighted by Gasteiger charge is -2.31. The Hall–Kier alpha value is -4.03. The largest absolute Gasteiger partial charge is 0.502 e. The number of benzene rings is 3. The number of unbranched alkanes of at least 4 members (excludes halogenated alkanes) is 14. The molecule has 0 radical (unpaired) electrons. The molecular weight excluding hydrogens is 1020 g/mol. The molecule has 0 amide bonds. The van der Waals surface area contributed by atoms with E-state index in [1.54, 1.807) is 0 Å². The molecule has 4 fully saturated rings. The second-order valence-corrected chi connectivity index (χ2v) is 24.8. The molecule has 82 heavy (non-hydrogen) atoms. The SMILES string of the molecule is C=CCCCCCCCCCOc1cccc2c1B1O[C@@H]3[C@H](O1)[C@@H]1O[C@H]3c3c(C)c4c(c(C)c31)[C@H]1O[C@@H]4[C@@H]3OB(O[C@@H]31)c1c(OCCCCCCCCCC=C)cccc1OCCCCCCCCCC=CCCCCCCCCCO2. The molecule has 8 aliphatic rings. The lowest BCUT2D eigenvalue weighted by Crippen LogP contribution is -2.36. The summed E-state index contributed by atoms with van der Waals surface area (Å²) < 4.78 is 69.0. The highest BCUT2D eigenvalue weighted by Gasteiger charge is 2.65. The van der Waals surface area contributed by atoms with E-state index in [1.165, 1.54) is 175 Å². The van der Waals surface area contributed by atoms with E-state index >= 15 is 0 Å². The predicted octanol–water partition coefficient (Wildman–Crippen LogP) is 16.9. The summed E-state index contributed by atoms with van der Waals surface area (Å²) in [5.74, 6) is 3.14. The van der Waals surface area contributed by atoms with Crippen molar-refractivity contribution in [2.45, 2.75) is 268 Å². The van der Waals surface area contributed by atoms with Gasteiger partial charge in [0.25, 0.3) is 0 Å². The van der Waals surface area contributed by atoms with Gasteiger partial charge in [-0.1, -0.05) is 165 Å². The quantitative estimate of drug-likeness (QED) is 0.0550. The highest BCUT2D eigenvalue weighted by atomic mass is 16.7. The molecule has 0 unspecified atom stereocenters. The minimum Gasteiger partial charge on any atom is -0.494 e. The summed E-state index contributed by atoms with van der Waals surface area (Å²) in [6.45, 7) is 14.8. The van der Waals surface area contributed by atoms with E-state index in [9.17, 15) is 0 Å². The fourth-order valence-corrected chi connectivity index (χ4v) is 14.3. The minimum absolute atomic E-state index is 0.277. The first-order valence-electron chi connectivity index (χ1n) is 33.3. The first-order chi connectivity index (χ1) is 40.6. The third-order valence-electron chi connectivity index (χ3n) is 18.7. The van der Waals surface area contributed by atoms with Crippen LogP contribution in [0.1, 0.15) is 263 Å². The lowest BCUT2D eigenvalue weighted by molar-refractivity contribution is 0.0168. The molecule has 14 bridgehead atoms. The summed E-state index contributed by atoms with van der Waals surface area (Å²) in [6, 6.07) is 12.4. The number of hydrogen-bond acceptors (Lipinski definition) is 10. The van der Waals surface area contributed by atoms with E-state index in [-0.39, 0.29) is 48.8 Å². The van der Waals surface area contributed by atoms with Crippen LogP contribution in [-0.4, -0.2) is 65.1 Å². The highest BCUT2D eigenvalue weighted by Crippen LogP contribution is 2.64. The smallest absolute Gasteiger partial charge is 0.494 e. The Morgan fingerprint density at radius 3 is 1.12 bits per heavy atom. The standard InChI is InChI=1S/C70H100B2O10/c1-5-7-9-11-13-25-29-33-37-47-73-53-43-41-45-55-61(53)71-79-67-63-57-51(3)59-60(52(4)58(57)64(77-63)68(67)80-71)66-70-69(65(59)78-66)81-72(82-70)62-54(74-48-38-34-30-26-14-12-10-8-6-2)44-42-46-56(62)76-50-40-36-32-28-24-22-20-18-16-15-17-19-21-23-27-31-35-39-49-75-55/h5-6,15-16,41-46,63-70H,1-2,7-14,17-40,47-50H2,3-4H3/t63-,64+,65-,66+,67-,68+,69-,70+. The van der Waals surface area contributed by atoms with Gasteiger partial charge < -0.3 is 47.0 Å². The molecule has 0 saturated carbocycles. The Labute approximate surface area is 494 Å². The van der Waals surface area contributed by atoms with Crippen LogP contribution in [0.25, 0.3) is 0 Å². The number of rotatable bonds is 22. The zero-order valence-corrected chi connectivity index (χ0v) is 50.5. The zero-order chi connectivity index (χ0) is 56.3. The molecule has 0 aliphatic carbocycles. The molecule has 3 aromatic carbocycles. The van der Waals surface area contributed by atoms with E-state index in [2.05, 4.69) is 75.6 Å². The average molecular weight is 1120 g/mol. The summed E-state index contributed by atoms with van der Waals surface area (Å²) in [4.78, 5) is 0. The Bertz CT molecular complexity index is 2280. The molecule has 8 aliphatic heterocycles. The van der Waals surface area contributed by atoms with Gasteiger partial charge in [0.05, 0.1) is 37.4 Å². The van der Waals surface area contributed by atoms with Crippen LogP contribution >= 0.6 is 0 Å². The van der Waals surface area contributed by atoms with Crippen LogP contribution in [0.2, 0.25) is 0 Å². The van der Waals surface area contributed by atoms with Crippen molar-refractivity contribution in [2.24, 2.45) is 0 Å². The number of hydrogen-bond donors (Lipinski definition) is 0. The maximum absolute atomic E-state index is 7.09. The van der Waals surface area contributed by atoms with Gasteiger partial charge >= 0.3 is 14.2 Å². The molecule has 0 spiro atoms. The van der Waals surface area contributed by atoms with Crippen molar-refractivity contribution < 1.29 is 47.0 Å². The maximum Gasteiger partial charge on any atom is 0.502 e. The van der Waals surface area contributed by atoms with E-state index in [1.807, 2.05) is 12.2 Å². The number of fused-ring (bicyclic) bond motifs is 20.